The number of carbonyl (C=O) groups is 1. The van der Waals surface area contributed by atoms with E-state index in [2.05, 4.69) is 21.0 Å². The summed E-state index contributed by atoms with van der Waals surface area (Å²) in [6.45, 7) is 0. The highest BCUT2D eigenvalue weighted by molar-refractivity contribution is 6.37. The van der Waals surface area contributed by atoms with Crippen LogP contribution in [0.2, 0.25) is 0 Å². The molecule has 0 aliphatic carbocycles. The van der Waals surface area contributed by atoms with Gasteiger partial charge >= 0.3 is 0 Å². The maximum atomic E-state index is 11.8. The van der Waals surface area contributed by atoms with Crippen LogP contribution in [-0.2, 0) is 4.79 Å². The van der Waals surface area contributed by atoms with E-state index in [4.69, 9.17) is 0 Å². The molecule has 19 heavy (non-hydrogen) atoms. The molecule has 0 saturated heterocycles. The summed E-state index contributed by atoms with van der Waals surface area (Å²) in [6, 6.07) is 7.94. The highest BCUT2D eigenvalue weighted by Gasteiger charge is 2.30. The second kappa shape index (κ2) is 4.46. The van der Waals surface area contributed by atoms with E-state index in [1.54, 1.807) is 6.21 Å². The number of nitrogens with zero attached hydrogens (tertiary/aromatic N) is 3. The molecule has 2 aliphatic heterocycles. The van der Waals surface area contributed by atoms with Gasteiger partial charge in [0.25, 0.3) is 0 Å². The van der Waals surface area contributed by atoms with Crippen molar-refractivity contribution in [3.63, 3.8) is 0 Å². The van der Waals surface area contributed by atoms with Gasteiger partial charge in [-0.2, -0.15) is 0 Å². The summed E-state index contributed by atoms with van der Waals surface area (Å²) in [5.74, 6) is -0.00826. The Labute approximate surface area is 112 Å². The summed E-state index contributed by atoms with van der Waals surface area (Å²) in [7, 11) is 4.01. The predicted molar refractivity (Wildman–Crippen MR) is 77.1 cm³/mol. The normalized spacial score (nSPS) is 20.9. The fourth-order valence-corrected chi connectivity index (χ4v) is 2.52. The molecule has 0 N–H and O–H groups in total. The number of benzene rings is 1. The summed E-state index contributed by atoms with van der Waals surface area (Å²) in [5.41, 5.74) is 3.78. The molecule has 0 amide bonds. The first-order valence-electron chi connectivity index (χ1n) is 6.28. The Morgan fingerprint density at radius 1 is 1.26 bits per heavy atom. The smallest absolute Gasteiger partial charge is 0.201 e. The molecular weight excluding hydrogens is 238 g/mol. The zero-order valence-electron chi connectivity index (χ0n) is 11.0. The second-order valence-electron chi connectivity index (χ2n) is 4.88. The fourth-order valence-electron chi connectivity index (χ4n) is 2.52. The van der Waals surface area contributed by atoms with Crippen LogP contribution in [-0.4, -0.2) is 32.3 Å². The Morgan fingerprint density at radius 2 is 2.05 bits per heavy atom. The van der Waals surface area contributed by atoms with E-state index in [-0.39, 0.29) is 11.8 Å². The number of dihydropyridines is 1. The lowest BCUT2D eigenvalue weighted by Crippen LogP contribution is -2.17. The minimum Gasteiger partial charge on any atom is -0.377 e. The van der Waals surface area contributed by atoms with Gasteiger partial charge < -0.3 is 4.90 Å². The third kappa shape index (κ3) is 1.89. The van der Waals surface area contributed by atoms with Crippen molar-refractivity contribution in [3.8, 4) is 0 Å². The van der Waals surface area contributed by atoms with Gasteiger partial charge in [-0.25, -0.2) is 0 Å². The summed E-state index contributed by atoms with van der Waals surface area (Å²) in [6.07, 6.45) is 3.86. The van der Waals surface area contributed by atoms with Crippen LogP contribution in [0.3, 0.4) is 0 Å². The lowest BCUT2D eigenvalue weighted by atomic mass is 9.95. The van der Waals surface area contributed by atoms with Gasteiger partial charge in [-0.3, -0.25) is 14.8 Å². The minimum atomic E-state index is -0.162. The third-order valence-corrected chi connectivity index (χ3v) is 3.45. The van der Waals surface area contributed by atoms with E-state index in [1.165, 1.54) is 6.21 Å². The molecule has 2 heterocycles. The Balaban J connectivity index is 2.10. The molecule has 4 nitrogen and oxygen atoms in total. The van der Waals surface area contributed by atoms with Crippen LogP contribution >= 0.6 is 0 Å². The van der Waals surface area contributed by atoms with Crippen LogP contribution in [0, 0.1) is 0 Å². The zero-order chi connectivity index (χ0) is 13.4. The molecule has 96 valence electrons. The molecule has 1 aromatic carbocycles. The Hall–Kier alpha value is -2.23. The number of hydrogen-bond donors (Lipinski definition) is 0. The van der Waals surface area contributed by atoms with Gasteiger partial charge in [0.15, 0.2) is 0 Å². The van der Waals surface area contributed by atoms with Crippen LogP contribution in [0.4, 0.5) is 5.69 Å². The van der Waals surface area contributed by atoms with E-state index in [0.29, 0.717) is 6.42 Å². The van der Waals surface area contributed by atoms with Crippen molar-refractivity contribution in [1.29, 1.82) is 0 Å². The fraction of sp³-hybridized carbons (Fsp3) is 0.267. The van der Waals surface area contributed by atoms with Crippen LogP contribution in [0.5, 0.6) is 0 Å². The van der Waals surface area contributed by atoms with E-state index in [1.807, 2.05) is 32.3 Å². The number of ketones is 1. The van der Waals surface area contributed by atoms with Crippen molar-refractivity contribution >= 4 is 23.9 Å². The molecule has 0 fully saturated rings. The highest BCUT2D eigenvalue weighted by atomic mass is 16.1. The predicted octanol–water partition coefficient (Wildman–Crippen LogP) is 2.18. The Bertz CT molecular complexity index is 626. The molecule has 1 atom stereocenters. The average Bonchev–Trinajstić information content (AvgIpc) is 2.89. The van der Waals surface area contributed by atoms with Crippen molar-refractivity contribution in [1.82, 2.24) is 0 Å². The van der Waals surface area contributed by atoms with Gasteiger partial charge in [0.2, 0.25) is 5.78 Å². The SMILES string of the molecule is CN(C)c1ccccc1C1N=CC(=O)C2=C1N=CC2. The van der Waals surface area contributed by atoms with Crippen molar-refractivity contribution in [2.45, 2.75) is 12.5 Å². The number of rotatable bonds is 2. The van der Waals surface area contributed by atoms with Gasteiger partial charge in [-0.1, -0.05) is 18.2 Å². The van der Waals surface area contributed by atoms with Gasteiger partial charge in [-0.05, 0) is 6.07 Å². The number of hydrogen-bond acceptors (Lipinski definition) is 4. The van der Waals surface area contributed by atoms with Crippen LogP contribution in [0.15, 0.2) is 45.5 Å². The van der Waals surface area contributed by atoms with Gasteiger partial charge in [-0.15, -0.1) is 0 Å². The van der Waals surface area contributed by atoms with E-state index >= 15 is 0 Å². The standard InChI is InChI=1S/C15H15N3O/c1-18(2)12-6-4-3-5-10(12)14-15-11(7-8-16-15)13(19)9-17-14/h3-6,8-9,14H,7H2,1-2H3. The molecule has 0 spiro atoms. The van der Waals surface area contributed by atoms with E-state index in [0.717, 1.165) is 22.5 Å². The molecule has 3 rings (SSSR count). The van der Waals surface area contributed by atoms with Crippen molar-refractivity contribution in [2.75, 3.05) is 19.0 Å². The number of allylic oxidation sites excluding steroid dienone is 1. The number of carbonyl (C=O) groups excluding carboxylic acids is 1. The number of para-hydroxylation sites is 1. The molecule has 1 aromatic rings. The molecule has 1 unspecified atom stereocenters. The first kappa shape index (κ1) is 11.8. The molecule has 0 saturated carbocycles. The van der Waals surface area contributed by atoms with Crippen molar-refractivity contribution in [2.24, 2.45) is 9.98 Å². The third-order valence-electron chi connectivity index (χ3n) is 3.45. The molecule has 4 heteroatoms. The largest absolute Gasteiger partial charge is 0.377 e. The van der Waals surface area contributed by atoms with Gasteiger partial charge in [0, 0.05) is 43.6 Å². The monoisotopic (exact) mass is 253 g/mol. The number of aliphatic imine (C=N–C) groups is 2. The lowest BCUT2D eigenvalue weighted by Gasteiger charge is -2.23. The lowest BCUT2D eigenvalue weighted by molar-refractivity contribution is -0.109. The molecule has 0 radical (unpaired) electrons. The summed E-state index contributed by atoms with van der Waals surface area (Å²) in [4.78, 5) is 22.6. The van der Waals surface area contributed by atoms with Crippen LogP contribution in [0.25, 0.3) is 0 Å². The first-order chi connectivity index (χ1) is 9.18. The van der Waals surface area contributed by atoms with Gasteiger partial charge in [0.05, 0.1) is 11.9 Å². The van der Waals surface area contributed by atoms with Crippen LogP contribution < -0.4 is 4.90 Å². The van der Waals surface area contributed by atoms with Gasteiger partial charge in [0.1, 0.15) is 6.04 Å². The highest BCUT2D eigenvalue weighted by Crippen LogP contribution is 2.38. The zero-order valence-corrected chi connectivity index (χ0v) is 11.0. The molecule has 0 aromatic heterocycles. The maximum Gasteiger partial charge on any atom is 0.201 e. The van der Waals surface area contributed by atoms with E-state index < -0.39 is 0 Å². The van der Waals surface area contributed by atoms with Crippen molar-refractivity contribution in [3.05, 3.63) is 41.1 Å². The second-order valence-corrected chi connectivity index (χ2v) is 4.88. The summed E-state index contributed by atoms with van der Waals surface area (Å²) < 4.78 is 0. The quantitative estimate of drug-likeness (QED) is 0.811. The Morgan fingerprint density at radius 3 is 2.84 bits per heavy atom. The molecule has 2 aliphatic rings. The van der Waals surface area contributed by atoms with Crippen LogP contribution in [0.1, 0.15) is 18.0 Å². The number of anilines is 1. The summed E-state index contributed by atoms with van der Waals surface area (Å²) >= 11 is 0. The Kier molecular flexibility index (Phi) is 2.78. The number of Topliss-reactive ketones (excluding diaryl/α,β-unsaturated/α-hetero) is 1. The first-order valence-corrected chi connectivity index (χ1v) is 6.28. The maximum absolute atomic E-state index is 11.8. The average molecular weight is 253 g/mol. The minimum absolute atomic E-state index is 0.00826. The summed E-state index contributed by atoms with van der Waals surface area (Å²) in [5, 5.41) is 0. The molecule has 0 bridgehead atoms. The molecular formula is C15H15N3O. The van der Waals surface area contributed by atoms with Crippen molar-refractivity contribution < 1.29 is 4.79 Å². The topological polar surface area (TPSA) is 45.0 Å². The van der Waals surface area contributed by atoms with E-state index in [9.17, 15) is 4.79 Å².